The zero-order valence-corrected chi connectivity index (χ0v) is 19.4. The highest BCUT2D eigenvalue weighted by atomic mass is 79.9. The zero-order chi connectivity index (χ0) is 23.6. The molecule has 3 rings (SSSR count). The van der Waals surface area contributed by atoms with Crippen LogP contribution in [0.3, 0.4) is 0 Å². The van der Waals surface area contributed by atoms with E-state index < -0.39 is 29.7 Å². The Bertz CT molecular complexity index is 1100. The van der Waals surface area contributed by atoms with Crippen LogP contribution in [0, 0.1) is 11.3 Å². The Kier molecular flexibility index (Phi) is 6.60. The lowest BCUT2D eigenvalue weighted by atomic mass is 9.68. The maximum Gasteiger partial charge on any atom is 0.339 e. The van der Waals surface area contributed by atoms with Gasteiger partial charge >= 0.3 is 11.9 Å². The number of likely N-dealkylation sites (N-methyl/N-ethyl adjacent to an activating group) is 1. The molecule has 0 fully saturated rings. The molecule has 10 heteroatoms. The van der Waals surface area contributed by atoms with Crippen molar-refractivity contribution in [2.45, 2.75) is 32.6 Å². The molecule has 32 heavy (non-hydrogen) atoms. The third-order valence-corrected chi connectivity index (χ3v) is 5.74. The minimum absolute atomic E-state index is 0.00318. The van der Waals surface area contributed by atoms with Crippen molar-refractivity contribution in [3.8, 4) is 6.07 Å². The van der Waals surface area contributed by atoms with Gasteiger partial charge in [0.25, 0.3) is 0 Å². The second-order valence-electron chi connectivity index (χ2n) is 6.91. The Balaban J connectivity index is 2.43. The first-order chi connectivity index (χ1) is 15.3. The van der Waals surface area contributed by atoms with Gasteiger partial charge in [-0.05, 0) is 39.0 Å². The van der Waals surface area contributed by atoms with E-state index in [1.165, 1.54) is 4.90 Å². The molecule has 168 valence electrons. The van der Waals surface area contributed by atoms with E-state index in [-0.39, 0.29) is 42.5 Å². The summed E-state index contributed by atoms with van der Waals surface area (Å²) in [5.41, 5.74) is 4.55. The smallest absolute Gasteiger partial charge is 0.339 e. The maximum absolute atomic E-state index is 13.9. The second kappa shape index (κ2) is 9.04. The fraction of sp³-hybridized carbons (Fsp3) is 0.364. The number of esters is 2. The molecular weight excluding hydrogens is 482 g/mol. The van der Waals surface area contributed by atoms with Crippen LogP contribution in [0.15, 0.2) is 45.5 Å². The number of nitrogens with zero attached hydrogens (tertiary/aromatic N) is 2. The standard InChI is InChI=1S/C22H22BrN3O6/c1-4-26-15-8-7-12(23)9-13(15)22(21(26)29)14(11-24)19(25)32-16(10-17(27)30-5-2)18(22)20(28)31-6-3/h7-9H,4-6,10,25H2,1-3H3. The predicted molar refractivity (Wildman–Crippen MR) is 117 cm³/mol. The molecule has 0 bridgehead atoms. The van der Waals surface area contributed by atoms with E-state index in [2.05, 4.69) is 15.9 Å². The first-order valence-electron chi connectivity index (χ1n) is 10.0. The Labute approximate surface area is 193 Å². The minimum atomic E-state index is -1.92. The molecule has 0 radical (unpaired) electrons. The van der Waals surface area contributed by atoms with Gasteiger partial charge in [-0.15, -0.1) is 0 Å². The molecule has 1 atom stereocenters. The first kappa shape index (κ1) is 23.3. The Hall–Kier alpha value is -3.32. The Morgan fingerprint density at radius 2 is 1.94 bits per heavy atom. The van der Waals surface area contributed by atoms with Gasteiger partial charge < -0.3 is 24.8 Å². The van der Waals surface area contributed by atoms with Crippen LogP contribution in [0.5, 0.6) is 0 Å². The summed E-state index contributed by atoms with van der Waals surface area (Å²) in [7, 11) is 0. The highest BCUT2D eigenvalue weighted by Gasteiger charge is 2.62. The number of nitrogens with two attached hydrogens (primary N) is 1. The normalized spacial score (nSPS) is 19.6. The van der Waals surface area contributed by atoms with Crippen LogP contribution in [-0.4, -0.2) is 37.6 Å². The molecule has 2 aliphatic heterocycles. The van der Waals surface area contributed by atoms with Crippen molar-refractivity contribution in [2.75, 3.05) is 24.7 Å². The van der Waals surface area contributed by atoms with Crippen LogP contribution in [0.25, 0.3) is 0 Å². The predicted octanol–water partition coefficient (Wildman–Crippen LogP) is 2.55. The van der Waals surface area contributed by atoms with E-state index in [1.807, 2.05) is 6.07 Å². The third-order valence-electron chi connectivity index (χ3n) is 5.25. The molecule has 0 saturated carbocycles. The number of hydrogen-bond donors (Lipinski definition) is 1. The van der Waals surface area contributed by atoms with Crippen LogP contribution < -0.4 is 10.6 Å². The summed E-state index contributed by atoms with van der Waals surface area (Å²) in [6.07, 6.45) is -0.466. The quantitative estimate of drug-likeness (QED) is 0.585. The summed E-state index contributed by atoms with van der Waals surface area (Å²) in [6.45, 7) is 5.40. The van der Waals surface area contributed by atoms with Gasteiger partial charge in [-0.2, -0.15) is 5.26 Å². The summed E-state index contributed by atoms with van der Waals surface area (Å²) in [5, 5.41) is 10.0. The van der Waals surface area contributed by atoms with Crippen molar-refractivity contribution in [1.29, 1.82) is 5.26 Å². The summed E-state index contributed by atoms with van der Waals surface area (Å²) in [5.74, 6) is -2.67. The van der Waals surface area contributed by atoms with Crippen molar-refractivity contribution in [1.82, 2.24) is 0 Å². The molecular formula is C22H22BrN3O6. The van der Waals surface area contributed by atoms with Crippen LogP contribution in [0.4, 0.5) is 5.69 Å². The summed E-state index contributed by atoms with van der Waals surface area (Å²) >= 11 is 3.40. The maximum atomic E-state index is 13.9. The van der Waals surface area contributed by atoms with E-state index in [0.29, 0.717) is 15.7 Å². The molecule has 0 saturated heterocycles. The van der Waals surface area contributed by atoms with Gasteiger partial charge in [-0.25, -0.2) is 4.79 Å². The lowest BCUT2D eigenvalue weighted by Crippen LogP contribution is -2.49. The van der Waals surface area contributed by atoms with Gasteiger partial charge in [-0.1, -0.05) is 15.9 Å². The first-order valence-corrected chi connectivity index (χ1v) is 10.8. The number of rotatable bonds is 6. The van der Waals surface area contributed by atoms with Crippen molar-refractivity contribution in [3.63, 3.8) is 0 Å². The van der Waals surface area contributed by atoms with Crippen molar-refractivity contribution < 1.29 is 28.6 Å². The number of carbonyl (C=O) groups is 3. The zero-order valence-electron chi connectivity index (χ0n) is 17.9. The second-order valence-corrected chi connectivity index (χ2v) is 7.83. The molecule has 1 spiro atoms. The van der Waals surface area contributed by atoms with E-state index in [0.717, 1.165) is 0 Å². The third kappa shape index (κ3) is 3.42. The van der Waals surface area contributed by atoms with Crippen molar-refractivity contribution >= 4 is 39.5 Å². The van der Waals surface area contributed by atoms with E-state index in [1.54, 1.807) is 39.0 Å². The number of fused-ring (bicyclic) bond motifs is 2. The topological polar surface area (TPSA) is 132 Å². The van der Waals surface area contributed by atoms with Crippen molar-refractivity contribution in [3.05, 3.63) is 51.0 Å². The van der Waals surface area contributed by atoms with Crippen LogP contribution in [0.2, 0.25) is 0 Å². The summed E-state index contributed by atoms with van der Waals surface area (Å²) in [4.78, 5) is 40.9. The molecule has 0 aliphatic carbocycles. The van der Waals surface area contributed by atoms with Crippen molar-refractivity contribution in [2.24, 2.45) is 5.73 Å². The molecule has 2 heterocycles. The number of halogens is 1. The van der Waals surface area contributed by atoms with Gasteiger partial charge in [0.2, 0.25) is 11.8 Å². The molecule has 2 aliphatic rings. The fourth-order valence-electron chi connectivity index (χ4n) is 4.10. The van der Waals surface area contributed by atoms with Gasteiger partial charge in [-0.3, -0.25) is 9.59 Å². The van der Waals surface area contributed by atoms with Crippen LogP contribution in [-0.2, 0) is 34.0 Å². The Morgan fingerprint density at radius 3 is 2.53 bits per heavy atom. The highest BCUT2D eigenvalue weighted by Crippen LogP contribution is 2.55. The largest absolute Gasteiger partial charge is 0.466 e. The van der Waals surface area contributed by atoms with Gasteiger partial charge in [0.05, 0.1) is 13.2 Å². The van der Waals surface area contributed by atoms with E-state index in [4.69, 9.17) is 19.9 Å². The molecule has 0 aromatic heterocycles. The number of hydrogen-bond acceptors (Lipinski definition) is 8. The average Bonchev–Trinajstić information content (AvgIpc) is 2.96. The fourth-order valence-corrected chi connectivity index (χ4v) is 4.46. The molecule has 9 nitrogen and oxygen atoms in total. The van der Waals surface area contributed by atoms with Crippen LogP contribution >= 0.6 is 15.9 Å². The van der Waals surface area contributed by atoms with Gasteiger partial charge in [0, 0.05) is 22.3 Å². The highest BCUT2D eigenvalue weighted by molar-refractivity contribution is 9.10. The number of benzene rings is 1. The minimum Gasteiger partial charge on any atom is -0.466 e. The van der Waals surface area contributed by atoms with Crippen LogP contribution in [0.1, 0.15) is 32.8 Å². The monoisotopic (exact) mass is 503 g/mol. The SMILES string of the molecule is CCOC(=O)CC1=C(C(=O)OCC)C2(C(=O)N(CC)c3ccc(Br)cc32)C(C#N)=C(N)O1. The molecule has 1 amide bonds. The number of nitriles is 1. The summed E-state index contributed by atoms with van der Waals surface area (Å²) in [6, 6.07) is 7.07. The number of anilines is 1. The Morgan fingerprint density at radius 1 is 1.25 bits per heavy atom. The molecule has 1 aromatic rings. The van der Waals surface area contributed by atoms with Gasteiger partial charge in [0.1, 0.15) is 29.4 Å². The number of amides is 1. The lowest BCUT2D eigenvalue weighted by molar-refractivity contribution is -0.143. The molecule has 1 unspecified atom stereocenters. The van der Waals surface area contributed by atoms with E-state index in [9.17, 15) is 19.6 Å². The molecule has 2 N–H and O–H groups in total. The average molecular weight is 504 g/mol. The molecule has 1 aromatic carbocycles. The van der Waals surface area contributed by atoms with E-state index >= 15 is 0 Å². The number of ether oxygens (including phenoxy) is 3. The summed E-state index contributed by atoms with van der Waals surface area (Å²) < 4.78 is 16.4. The lowest BCUT2D eigenvalue weighted by Gasteiger charge is -2.35. The van der Waals surface area contributed by atoms with Gasteiger partial charge in [0.15, 0.2) is 5.41 Å². The number of carbonyl (C=O) groups excluding carboxylic acids is 3.